The predicted molar refractivity (Wildman–Crippen MR) is 124 cm³/mol. The standard InChI is InChI=1S/C23H28N2O6.C2H6/c1-13-19-18(14-8-6-7-9-15(14)24-13)17(26)11-23(30-19)10-16(20(27)29-5)25(12-23)21(28)31-22(2,3)4;1-2/h6-9,16-17,26H,10-12H2,1-5H3;1-2H3/t16-,17?,23?;/m0./s1. The van der Waals surface area contributed by atoms with E-state index in [-0.39, 0.29) is 19.4 Å². The van der Waals surface area contributed by atoms with Crippen LogP contribution in [0.1, 0.15) is 64.8 Å². The molecule has 0 radical (unpaired) electrons. The molecule has 2 unspecified atom stereocenters. The van der Waals surface area contributed by atoms with Gasteiger partial charge < -0.3 is 19.3 Å². The van der Waals surface area contributed by atoms with Crippen LogP contribution in [0.4, 0.5) is 4.79 Å². The summed E-state index contributed by atoms with van der Waals surface area (Å²) in [6, 6.07) is 6.73. The van der Waals surface area contributed by atoms with Crippen LogP contribution in [0.2, 0.25) is 0 Å². The number of hydrogen-bond acceptors (Lipinski definition) is 7. The number of carbonyl (C=O) groups is 2. The average Bonchev–Trinajstić information content (AvgIpc) is 3.12. The van der Waals surface area contributed by atoms with E-state index in [0.717, 1.165) is 10.9 Å². The number of aromatic nitrogens is 1. The Balaban J connectivity index is 0.00000149. The van der Waals surface area contributed by atoms with Crippen LogP contribution in [-0.2, 0) is 14.3 Å². The number of benzene rings is 1. The van der Waals surface area contributed by atoms with E-state index in [2.05, 4.69) is 4.98 Å². The second-order valence-electron chi connectivity index (χ2n) is 9.31. The van der Waals surface area contributed by atoms with Gasteiger partial charge in [0.05, 0.1) is 31.0 Å². The number of amides is 1. The van der Waals surface area contributed by atoms with E-state index in [0.29, 0.717) is 17.0 Å². The molecule has 3 heterocycles. The summed E-state index contributed by atoms with van der Waals surface area (Å²) in [4.78, 5) is 31.3. The monoisotopic (exact) mass is 458 g/mol. The van der Waals surface area contributed by atoms with Crippen molar-refractivity contribution in [3.8, 4) is 5.75 Å². The Morgan fingerprint density at radius 2 is 1.88 bits per heavy atom. The zero-order valence-corrected chi connectivity index (χ0v) is 20.5. The molecule has 0 saturated carbocycles. The smallest absolute Gasteiger partial charge is 0.411 e. The topological polar surface area (TPSA) is 98.2 Å². The number of aliphatic hydroxyl groups is 1. The van der Waals surface area contributed by atoms with Crippen LogP contribution in [0.3, 0.4) is 0 Å². The van der Waals surface area contributed by atoms with Crippen molar-refractivity contribution >= 4 is 23.0 Å². The number of esters is 1. The third kappa shape index (κ3) is 4.76. The van der Waals surface area contributed by atoms with Gasteiger partial charge in [-0.15, -0.1) is 0 Å². The molecule has 2 aromatic rings. The molecule has 180 valence electrons. The number of pyridine rings is 1. The molecule has 1 amide bonds. The van der Waals surface area contributed by atoms with Gasteiger partial charge in [-0.1, -0.05) is 32.0 Å². The number of para-hydroxylation sites is 1. The third-order valence-corrected chi connectivity index (χ3v) is 5.77. The molecule has 8 heteroatoms. The minimum atomic E-state index is -0.947. The third-order valence-electron chi connectivity index (χ3n) is 5.77. The lowest BCUT2D eigenvalue weighted by Gasteiger charge is -2.39. The van der Waals surface area contributed by atoms with Crippen molar-refractivity contribution < 1.29 is 28.9 Å². The summed E-state index contributed by atoms with van der Waals surface area (Å²) in [5.74, 6) is -0.0351. The van der Waals surface area contributed by atoms with Crippen LogP contribution < -0.4 is 4.74 Å². The normalized spacial score (nSPS) is 23.9. The highest BCUT2D eigenvalue weighted by Crippen LogP contribution is 2.48. The molecule has 1 fully saturated rings. The summed E-state index contributed by atoms with van der Waals surface area (Å²) in [5.41, 5.74) is 0.464. The van der Waals surface area contributed by atoms with Gasteiger partial charge in [0.15, 0.2) is 0 Å². The number of likely N-dealkylation sites (tertiary alicyclic amines) is 1. The predicted octanol–water partition coefficient (Wildman–Crippen LogP) is 4.31. The molecule has 1 aromatic carbocycles. The van der Waals surface area contributed by atoms with Crippen LogP contribution in [0.25, 0.3) is 10.9 Å². The minimum absolute atomic E-state index is 0.102. The first-order valence-electron chi connectivity index (χ1n) is 11.4. The molecule has 0 bridgehead atoms. The Morgan fingerprint density at radius 1 is 1.21 bits per heavy atom. The lowest BCUT2D eigenvalue weighted by Crippen LogP contribution is -2.46. The Kier molecular flexibility index (Phi) is 6.88. The quantitative estimate of drug-likeness (QED) is 0.636. The first kappa shape index (κ1) is 24.8. The van der Waals surface area contributed by atoms with E-state index in [1.54, 1.807) is 20.8 Å². The van der Waals surface area contributed by atoms with E-state index >= 15 is 0 Å². The number of hydrogen-bond donors (Lipinski definition) is 1. The highest BCUT2D eigenvalue weighted by molar-refractivity contribution is 5.86. The number of methoxy groups -OCH3 is 1. The molecular weight excluding hydrogens is 424 g/mol. The fraction of sp³-hybridized carbons (Fsp3) is 0.560. The van der Waals surface area contributed by atoms with Crippen molar-refractivity contribution in [1.82, 2.24) is 9.88 Å². The second-order valence-corrected chi connectivity index (χ2v) is 9.31. The molecule has 1 N–H and O–H groups in total. The highest BCUT2D eigenvalue weighted by Gasteiger charge is 2.55. The SMILES string of the molecule is CC.COC(=O)[C@@H]1CC2(CC(O)c3c(c(C)nc4ccccc34)O2)CN1C(=O)OC(C)(C)C. The summed E-state index contributed by atoms with van der Waals surface area (Å²) < 4.78 is 16.9. The first-order valence-corrected chi connectivity index (χ1v) is 11.4. The fourth-order valence-electron chi connectivity index (χ4n) is 4.55. The van der Waals surface area contributed by atoms with Gasteiger partial charge in [0.25, 0.3) is 0 Å². The molecule has 4 rings (SSSR count). The fourth-order valence-corrected chi connectivity index (χ4v) is 4.55. The van der Waals surface area contributed by atoms with Gasteiger partial charge in [0, 0.05) is 23.8 Å². The number of fused-ring (bicyclic) bond motifs is 3. The summed E-state index contributed by atoms with van der Waals surface area (Å²) in [6.07, 6.45) is -1.01. The molecule has 1 saturated heterocycles. The zero-order valence-electron chi connectivity index (χ0n) is 20.5. The van der Waals surface area contributed by atoms with E-state index in [9.17, 15) is 14.7 Å². The van der Waals surface area contributed by atoms with Crippen LogP contribution in [-0.4, -0.2) is 58.0 Å². The Hall–Kier alpha value is -2.87. The van der Waals surface area contributed by atoms with Gasteiger partial charge in [-0.05, 0) is 33.8 Å². The summed E-state index contributed by atoms with van der Waals surface area (Å²) >= 11 is 0. The van der Waals surface area contributed by atoms with E-state index in [1.807, 2.05) is 45.0 Å². The van der Waals surface area contributed by atoms with Crippen molar-refractivity contribution in [2.24, 2.45) is 0 Å². The molecule has 2 aliphatic heterocycles. The molecule has 3 atom stereocenters. The van der Waals surface area contributed by atoms with Crippen LogP contribution >= 0.6 is 0 Å². The highest BCUT2D eigenvalue weighted by atomic mass is 16.6. The van der Waals surface area contributed by atoms with Crippen molar-refractivity contribution in [1.29, 1.82) is 0 Å². The molecule has 0 aliphatic carbocycles. The molecule has 1 aromatic heterocycles. The number of rotatable bonds is 1. The van der Waals surface area contributed by atoms with Gasteiger partial charge in [0.2, 0.25) is 0 Å². The maximum absolute atomic E-state index is 12.9. The second kappa shape index (κ2) is 9.17. The molecule has 2 aliphatic rings. The zero-order chi connectivity index (χ0) is 24.6. The molecule has 33 heavy (non-hydrogen) atoms. The van der Waals surface area contributed by atoms with Crippen LogP contribution in [0.15, 0.2) is 24.3 Å². The maximum Gasteiger partial charge on any atom is 0.411 e. The van der Waals surface area contributed by atoms with Crippen LogP contribution in [0, 0.1) is 6.92 Å². The summed E-state index contributed by atoms with van der Waals surface area (Å²) in [5, 5.41) is 12.0. The van der Waals surface area contributed by atoms with E-state index in [4.69, 9.17) is 14.2 Å². The van der Waals surface area contributed by atoms with Crippen molar-refractivity contribution in [3.63, 3.8) is 0 Å². The van der Waals surface area contributed by atoms with Gasteiger partial charge in [-0.25, -0.2) is 14.6 Å². The average molecular weight is 459 g/mol. The number of nitrogens with zero attached hydrogens (tertiary/aromatic N) is 2. The Morgan fingerprint density at radius 3 is 2.52 bits per heavy atom. The van der Waals surface area contributed by atoms with Crippen molar-refractivity contribution in [3.05, 3.63) is 35.5 Å². The largest absolute Gasteiger partial charge is 0.483 e. The Bertz CT molecular complexity index is 1050. The van der Waals surface area contributed by atoms with E-state index < -0.39 is 35.4 Å². The summed E-state index contributed by atoms with van der Waals surface area (Å²) in [6.45, 7) is 11.2. The molecular formula is C25H34N2O6. The lowest BCUT2D eigenvalue weighted by atomic mass is 9.85. The number of carbonyl (C=O) groups excluding carboxylic acids is 2. The van der Waals surface area contributed by atoms with Crippen molar-refractivity contribution in [2.75, 3.05) is 13.7 Å². The van der Waals surface area contributed by atoms with E-state index in [1.165, 1.54) is 12.0 Å². The molecule has 1 spiro atoms. The van der Waals surface area contributed by atoms with Gasteiger partial charge in [-0.2, -0.15) is 0 Å². The first-order chi connectivity index (χ1) is 15.5. The van der Waals surface area contributed by atoms with Crippen molar-refractivity contribution in [2.45, 2.75) is 77.7 Å². The summed E-state index contributed by atoms with van der Waals surface area (Å²) in [7, 11) is 1.28. The van der Waals surface area contributed by atoms with Gasteiger partial charge in [-0.3, -0.25) is 4.90 Å². The van der Waals surface area contributed by atoms with Crippen LogP contribution in [0.5, 0.6) is 5.75 Å². The Labute approximate surface area is 194 Å². The number of ether oxygens (including phenoxy) is 3. The number of aliphatic hydroxyl groups excluding tert-OH is 1. The molecule has 8 nitrogen and oxygen atoms in total. The van der Waals surface area contributed by atoms with Gasteiger partial charge in [0.1, 0.15) is 23.0 Å². The number of aryl methyl sites for hydroxylation is 1. The minimum Gasteiger partial charge on any atom is -0.483 e. The lowest BCUT2D eigenvalue weighted by molar-refractivity contribution is -0.145. The van der Waals surface area contributed by atoms with Gasteiger partial charge >= 0.3 is 12.1 Å². The maximum atomic E-state index is 12.9.